The van der Waals surface area contributed by atoms with Crippen LogP contribution in [0.15, 0.2) is 42.7 Å². The van der Waals surface area contributed by atoms with Crippen LogP contribution in [0.4, 0.5) is 4.39 Å². The highest BCUT2D eigenvalue weighted by atomic mass is 31.2. The second-order valence-electron chi connectivity index (χ2n) is 5.13. The number of hydrogen-bond acceptors (Lipinski definition) is 3. The van der Waals surface area contributed by atoms with Crippen LogP contribution < -0.4 is 0 Å². The first kappa shape index (κ1) is 15.6. The second-order valence-corrected chi connectivity index (χ2v) is 6.93. The van der Waals surface area contributed by atoms with E-state index < -0.39 is 25.4 Å². The topological polar surface area (TPSA) is 112 Å². The summed E-state index contributed by atoms with van der Waals surface area (Å²) in [6.45, 7) is 0. The van der Waals surface area contributed by atoms with E-state index in [1.165, 1.54) is 10.6 Å². The minimum atomic E-state index is -5.52. The molecular weight excluding hydrogens is 326 g/mol. The van der Waals surface area contributed by atoms with Gasteiger partial charge in [0.15, 0.2) is 0 Å². The van der Waals surface area contributed by atoms with E-state index >= 15 is 0 Å². The number of carbonyl (C=O) groups is 1. The normalized spacial score (nSPS) is 14.9. The smallest absolute Gasteiger partial charge is 0.374 e. The molecule has 3 N–H and O–H groups in total. The van der Waals surface area contributed by atoms with Gasteiger partial charge in [0.05, 0.1) is 0 Å². The highest BCUT2D eigenvalue weighted by molar-refractivity contribution is 7.54. The van der Waals surface area contributed by atoms with Gasteiger partial charge in [-0.05, 0) is 11.5 Å². The summed E-state index contributed by atoms with van der Waals surface area (Å²) in [6.07, 6.45) is 1.78. The standard InChI is InChI=1S/C14H12FN2O5P/c15-14(13(18)19,23(20,21)22)7-10-8-16-12-11-4-2-1-3-9(11)5-6-17(10)12/h1-6,8H,7H2,(H,18,19)(H2,20,21,22). The van der Waals surface area contributed by atoms with E-state index in [0.717, 1.165) is 10.8 Å². The number of pyridine rings is 1. The minimum Gasteiger partial charge on any atom is -0.478 e. The van der Waals surface area contributed by atoms with Crippen LogP contribution in [-0.2, 0) is 15.8 Å². The number of carboxylic acids is 1. The van der Waals surface area contributed by atoms with Gasteiger partial charge in [0.2, 0.25) is 0 Å². The number of nitrogens with zero attached hydrogens (tertiary/aromatic N) is 2. The molecule has 1 atom stereocenters. The zero-order chi connectivity index (χ0) is 16.8. The number of rotatable bonds is 4. The average Bonchev–Trinajstić information content (AvgIpc) is 2.89. The molecule has 0 amide bonds. The van der Waals surface area contributed by atoms with Crippen molar-refractivity contribution >= 4 is 30.0 Å². The number of benzene rings is 1. The van der Waals surface area contributed by atoms with Gasteiger partial charge in [-0.1, -0.05) is 24.3 Å². The van der Waals surface area contributed by atoms with Crippen molar-refractivity contribution in [1.29, 1.82) is 0 Å². The molecule has 0 saturated carbocycles. The van der Waals surface area contributed by atoms with Crippen LogP contribution in [0.5, 0.6) is 0 Å². The molecule has 1 aromatic carbocycles. The van der Waals surface area contributed by atoms with Gasteiger partial charge in [0, 0.05) is 29.9 Å². The number of aromatic nitrogens is 2. The lowest BCUT2D eigenvalue weighted by Crippen LogP contribution is -2.36. The van der Waals surface area contributed by atoms with Crippen molar-refractivity contribution in [3.05, 3.63) is 48.4 Å². The Balaban J connectivity index is 2.16. The number of aliphatic carboxylic acids is 1. The lowest BCUT2D eigenvalue weighted by molar-refractivity contribution is -0.146. The summed E-state index contributed by atoms with van der Waals surface area (Å²) in [6, 6.07) is 9.02. The molecule has 2 aromatic heterocycles. The third-order valence-electron chi connectivity index (χ3n) is 3.68. The van der Waals surface area contributed by atoms with Crippen molar-refractivity contribution in [2.24, 2.45) is 0 Å². The molecule has 0 aliphatic carbocycles. The molecule has 9 heteroatoms. The molecule has 0 fully saturated rings. The van der Waals surface area contributed by atoms with Crippen LogP contribution in [0.1, 0.15) is 5.69 Å². The van der Waals surface area contributed by atoms with E-state index in [4.69, 9.17) is 14.9 Å². The maximum Gasteiger partial charge on any atom is 0.374 e. The summed E-state index contributed by atoms with van der Waals surface area (Å²) >= 11 is 0. The average molecular weight is 338 g/mol. The molecular formula is C14H12FN2O5P. The van der Waals surface area contributed by atoms with Gasteiger partial charge in [0.1, 0.15) is 5.65 Å². The molecule has 1 unspecified atom stereocenters. The Kier molecular flexibility index (Phi) is 3.48. The molecule has 23 heavy (non-hydrogen) atoms. The Morgan fingerprint density at radius 1 is 1.30 bits per heavy atom. The van der Waals surface area contributed by atoms with E-state index in [9.17, 15) is 13.8 Å². The lowest BCUT2D eigenvalue weighted by atomic mass is 10.1. The van der Waals surface area contributed by atoms with E-state index in [2.05, 4.69) is 4.98 Å². The fourth-order valence-corrected chi connectivity index (χ4v) is 3.05. The third kappa shape index (κ3) is 2.41. The molecule has 7 nitrogen and oxygen atoms in total. The number of fused-ring (bicyclic) bond motifs is 3. The first-order valence-corrected chi connectivity index (χ1v) is 8.17. The minimum absolute atomic E-state index is 0.0546. The quantitative estimate of drug-likeness (QED) is 0.627. The van der Waals surface area contributed by atoms with Gasteiger partial charge in [-0.3, -0.25) is 4.57 Å². The van der Waals surface area contributed by atoms with Crippen molar-refractivity contribution in [3.8, 4) is 0 Å². The zero-order valence-corrected chi connectivity index (χ0v) is 12.5. The molecule has 120 valence electrons. The molecule has 0 radical (unpaired) electrons. The first-order chi connectivity index (χ1) is 10.7. The van der Waals surface area contributed by atoms with E-state index in [-0.39, 0.29) is 5.69 Å². The highest BCUT2D eigenvalue weighted by Crippen LogP contribution is 2.53. The van der Waals surface area contributed by atoms with Crippen molar-refractivity contribution in [3.63, 3.8) is 0 Å². The Bertz CT molecular complexity index is 966. The van der Waals surface area contributed by atoms with E-state index in [1.54, 1.807) is 24.4 Å². The van der Waals surface area contributed by atoms with Crippen molar-refractivity contribution < 1.29 is 28.6 Å². The SMILES string of the molecule is O=C(O)C(F)(Cc1cnc2c3ccccc3ccn12)P(=O)(O)O. The molecule has 0 aliphatic rings. The maximum atomic E-state index is 14.4. The van der Waals surface area contributed by atoms with Crippen molar-refractivity contribution in [2.45, 2.75) is 11.8 Å². The molecule has 0 aliphatic heterocycles. The Hall–Kier alpha value is -2.28. The molecule has 0 saturated heterocycles. The van der Waals surface area contributed by atoms with Crippen molar-refractivity contribution in [1.82, 2.24) is 9.38 Å². The Morgan fingerprint density at radius 2 is 2.00 bits per heavy atom. The fraction of sp³-hybridized carbons (Fsp3) is 0.143. The van der Waals surface area contributed by atoms with Crippen LogP contribution in [-0.4, -0.2) is 35.7 Å². The van der Waals surface area contributed by atoms with Gasteiger partial charge in [-0.25, -0.2) is 14.2 Å². The number of imidazole rings is 1. The van der Waals surface area contributed by atoms with Gasteiger partial charge >= 0.3 is 19.0 Å². The summed E-state index contributed by atoms with van der Waals surface area (Å²) in [4.78, 5) is 33.3. The van der Waals surface area contributed by atoms with Crippen molar-refractivity contribution in [2.75, 3.05) is 0 Å². The predicted molar refractivity (Wildman–Crippen MR) is 79.9 cm³/mol. The largest absolute Gasteiger partial charge is 0.478 e. The van der Waals surface area contributed by atoms with Crippen LogP contribution in [0.25, 0.3) is 16.4 Å². The van der Waals surface area contributed by atoms with Gasteiger partial charge in [-0.15, -0.1) is 0 Å². The van der Waals surface area contributed by atoms with Crippen LogP contribution in [0.3, 0.4) is 0 Å². The molecule has 2 heterocycles. The Labute approximate surface area is 129 Å². The van der Waals surface area contributed by atoms with Gasteiger partial charge < -0.3 is 19.3 Å². The number of carboxylic acid groups (broad SMARTS) is 1. The van der Waals surface area contributed by atoms with E-state index in [0.29, 0.717) is 5.65 Å². The summed E-state index contributed by atoms with van der Waals surface area (Å²) in [5.41, 5.74) is 0.510. The summed E-state index contributed by atoms with van der Waals surface area (Å²) in [5.74, 6) is -2.21. The zero-order valence-electron chi connectivity index (χ0n) is 11.6. The highest BCUT2D eigenvalue weighted by Gasteiger charge is 2.55. The number of alkyl halides is 1. The number of halogens is 1. The van der Waals surface area contributed by atoms with Crippen LogP contribution in [0.2, 0.25) is 0 Å². The fourth-order valence-electron chi connectivity index (χ4n) is 2.44. The second kappa shape index (κ2) is 5.13. The number of hydrogen-bond donors (Lipinski definition) is 3. The van der Waals surface area contributed by atoms with Crippen LogP contribution in [0, 0.1) is 0 Å². The summed E-state index contributed by atoms with van der Waals surface area (Å²) in [7, 11) is -5.52. The van der Waals surface area contributed by atoms with Crippen LogP contribution >= 0.6 is 7.60 Å². The Morgan fingerprint density at radius 3 is 2.65 bits per heavy atom. The molecule has 3 aromatic rings. The predicted octanol–water partition coefficient (Wildman–Crippen LogP) is 1.96. The lowest BCUT2D eigenvalue weighted by Gasteiger charge is -2.21. The van der Waals surface area contributed by atoms with Gasteiger partial charge in [0.25, 0.3) is 0 Å². The molecule has 0 spiro atoms. The monoisotopic (exact) mass is 338 g/mol. The van der Waals surface area contributed by atoms with Gasteiger partial charge in [-0.2, -0.15) is 0 Å². The third-order valence-corrected chi connectivity index (χ3v) is 4.96. The summed E-state index contributed by atoms with van der Waals surface area (Å²) in [5, 5.41) is 6.86. The summed E-state index contributed by atoms with van der Waals surface area (Å²) < 4.78 is 27.1. The van der Waals surface area contributed by atoms with E-state index in [1.807, 2.05) is 12.1 Å². The molecule has 0 bridgehead atoms. The maximum absolute atomic E-state index is 14.4. The molecule has 3 rings (SSSR count). The first-order valence-electron chi connectivity index (χ1n) is 6.56.